The van der Waals surface area contributed by atoms with E-state index in [0.717, 1.165) is 10.9 Å². The van der Waals surface area contributed by atoms with E-state index in [0.29, 0.717) is 48.4 Å². The van der Waals surface area contributed by atoms with Crippen LogP contribution >= 0.6 is 0 Å². The number of nitrogens with zero attached hydrogens (tertiary/aromatic N) is 2. The van der Waals surface area contributed by atoms with Crippen LogP contribution in [0.15, 0.2) is 42.6 Å². The van der Waals surface area contributed by atoms with E-state index in [1.807, 2.05) is 23.5 Å². The molecule has 190 valence electrons. The number of benzene rings is 2. The largest absolute Gasteiger partial charge is 0.496 e. The monoisotopic (exact) mass is 502 g/mol. The molecule has 2 N–H and O–H groups in total. The number of hydrogen-bond donors (Lipinski definition) is 2. The van der Waals surface area contributed by atoms with E-state index in [1.54, 1.807) is 24.4 Å². The Hall–Kier alpha value is -3.76. The highest BCUT2D eigenvalue weighted by Gasteiger charge is 2.54. The van der Waals surface area contributed by atoms with Crippen molar-refractivity contribution < 1.29 is 32.2 Å². The van der Waals surface area contributed by atoms with Gasteiger partial charge in [0.2, 0.25) is 11.8 Å². The number of fused-ring (bicyclic) bond motifs is 3. The number of carbonyl (C=O) groups is 2. The number of hydrogen-bond acceptors (Lipinski definition) is 5. The van der Waals surface area contributed by atoms with Crippen molar-refractivity contribution in [2.75, 3.05) is 25.1 Å². The molecule has 2 aliphatic rings. The second-order valence-corrected chi connectivity index (χ2v) is 9.16. The van der Waals surface area contributed by atoms with Gasteiger partial charge >= 0.3 is 6.18 Å². The van der Waals surface area contributed by atoms with E-state index in [1.165, 1.54) is 12.0 Å². The van der Waals surface area contributed by atoms with Crippen LogP contribution < -0.4 is 19.7 Å². The number of aromatic amines is 1. The number of ether oxygens (including phenoxy) is 2. The first-order valence-electron chi connectivity index (χ1n) is 11.6. The Bertz CT molecular complexity index is 1300. The molecule has 0 saturated heterocycles. The standard InChI is InChI=1S/C25H25F3N4O4/c1-35-20-4-2-3-19-22(20)24(23(34)32(19)13-21(33)29-14-25(26,27)28)9-7-16(8-10-24)36-17-5-6-18-15(11-17)12-30-31-18/h2-6,11-12,16H,7-10,13-14H2,1H3,(H,29,33)(H,30,31). The zero-order chi connectivity index (χ0) is 25.5. The lowest BCUT2D eigenvalue weighted by Crippen LogP contribution is -2.48. The number of nitrogens with one attached hydrogen (secondary N) is 2. The van der Waals surface area contributed by atoms with Gasteiger partial charge in [0.15, 0.2) is 0 Å². The SMILES string of the molecule is COc1cccc2c1C1(CCC(Oc3ccc4[nH]ncc4c3)CC1)C(=O)N2CC(=O)NCC(F)(F)F. The topological polar surface area (TPSA) is 96.6 Å². The van der Waals surface area contributed by atoms with Crippen molar-refractivity contribution in [2.24, 2.45) is 0 Å². The van der Waals surface area contributed by atoms with Crippen LogP contribution in [0.5, 0.6) is 11.5 Å². The van der Waals surface area contributed by atoms with Gasteiger partial charge in [0, 0.05) is 10.9 Å². The minimum absolute atomic E-state index is 0.116. The first-order valence-corrected chi connectivity index (χ1v) is 11.6. The molecule has 0 bridgehead atoms. The molecule has 2 aromatic carbocycles. The zero-order valence-corrected chi connectivity index (χ0v) is 19.5. The molecule has 8 nitrogen and oxygen atoms in total. The number of alkyl halides is 3. The van der Waals surface area contributed by atoms with Crippen molar-refractivity contribution in [3.8, 4) is 11.5 Å². The van der Waals surface area contributed by atoms with Crippen molar-refractivity contribution >= 4 is 28.4 Å². The van der Waals surface area contributed by atoms with E-state index >= 15 is 0 Å². The smallest absolute Gasteiger partial charge is 0.405 e. The third-order valence-electron chi connectivity index (χ3n) is 6.94. The predicted octanol–water partition coefficient (Wildman–Crippen LogP) is 3.86. The molecule has 1 spiro atoms. The number of rotatable bonds is 6. The Labute approximate surface area is 204 Å². The Morgan fingerprint density at radius 2 is 2.03 bits per heavy atom. The summed E-state index contributed by atoms with van der Waals surface area (Å²) in [7, 11) is 1.51. The number of anilines is 1. The summed E-state index contributed by atoms with van der Waals surface area (Å²) < 4.78 is 49.4. The van der Waals surface area contributed by atoms with Crippen LogP contribution in [-0.2, 0) is 15.0 Å². The van der Waals surface area contributed by atoms with Gasteiger partial charge in [0.05, 0.1) is 36.0 Å². The van der Waals surface area contributed by atoms with Crippen LogP contribution in [0, 0.1) is 0 Å². The summed E-state index contributed by atoms with van der Waals surface area (Å²) >= 11 is 0. The van der Waals surface area contributed by atoms with Crippen LogP contribution in [0.4, 0.5) is 18.9 Å². The minimum atomic E-state index is -4.53. The number of H-pyrrole nitrogens is 1. The zero-order valence-electron chi connectivity index (χ0n) is 19.5. The lowest BCUT2D eigenvalue weighted by Gasteiger charge is -2.36. The molecule has 36 heavy (non-hydrogen) atoms. The molecule has 1 fully saturated rings. The number of aromatic nitrogens is 2. The summed E-state index contributed by atoms with van der Waals surface area (Å²) in [6, 6.07) is 10.8. The van der Waals surface area contributed by atoms with Crippen LogP contribution in [0.3, 0.4) is 0 Å². The van der Waals surface area contributed by atoms with Crippen LogP contribution in [0.25, 0.3) is 10.9 Å². The Balaban J connectivity index is 1.35. The third-order valence-corrected chi connectivity index (χ3v) is 6.94. The van der Waals surface area contributed by atoms with Gasteiger partial charge in [-0.05, 0) is 56.0 Å². The summed E-state index contributed by atoms with van der Waals surface area (Å²) in [5.41, 5.74) is 1.15. The summed E-state index contributed by atoms with van der Waals surface area (Å²) in [5.74, 6) is 0.0490. The maximum Gasteiger partial charge on any atom is 0.405 e. The van der Waals surface area contributed by atoms with Crippen LogP contribution in [-0.4, -0.2) is 54.5 Å². The Morgan fingerprint density at radius 1 is 1.25 bits per heavy atom. The maximum atomic E-state index is 13.7. The van der Waals surface area contributed by atoms with E-state index in [4.69, 9.17) is 9.47 Å². The fourth-order valence-electron chi connectivity index (χ4n) is 5.28. The Morgan fingerprint density at radius 3 is 2.75 bits per heavy atom. The molecule has 11 heteroatoms. The maximum absolute atomic E-state index is 13.7. The highest BCUT2D eigenvalue weighted by atomic mass is 19.4. The number of methoxy groups -OCH3 is 1. The van der Waals surface area contributed by atoms with Crippen molar-refractivity contribution in [3.05, 3.63) is 48.2 Å². The molecular weight excluding hydrogens is 477 g/mol. The van der Waals surface area contributed by atoms with Gasteiger partial charge in [0.1, 0.15) is 24.6 Å². The second kappa shape index (κ2) is 9.03. The van der Waals surface area contributed by atoms with Gasteiger partial charge < -0.3 is 19.7 Å². The molecule has 1 aromatic heterocycles. The molecule has 1 saturated carbocycles. The molecule has 0 radical (unpaired) electrons. The molecular formula is C25H25F3N4O4. The average molecular weight is 502 g/mol. The molecule has 2 heterocycles. The summed E-state index contributed by atoms with van der Waals surface area (Å²) in [4.78, 5) is 27.3. The lowest BCUT2D eigenvalue weighted by molar-refractivity contribution is -0.138. The molecule has 5 rings (SSSR count). The molecule has 3 aromatic rings. The van der Waals surface area contributed by atoms with Gasteiger partial charge in [-0.3, -0.25) is 14.7 Å². The van der Waals surface area contributed by atoms with Crippen molar-refractivity contribution in [3.63, 3.8) is 0 Å². The number of halogens is 3. The van der Waals surface area contributed by atoms with Gasteiger partial charge in [0.25, 0.3) is 0 Å². The van der Waals surface area contributed by atoms with Crippen molar-refractivity contribution in [1.29, 1.82) is 0 Å². The predicted molar refractivity (Wildman–Crippen MR) is 125 cm³/mol. The lowest BCUT2D eigenvalue weighted by atomic mass is 9.69. The van der Waals surface area contributed by atoms with Crippen LogP contribution in [0.2, 0.25) is 0 Å². The second-order valence-electron chi connectivity index (χ2n) is 9.16. The molecule has 2 amide bonds. The van der Waals surface area contributed by atoms with Gasteiger partial charge in [-0.2, -0.15) is 18.3 Å². The minimum Gasteiger partial charge on any atom is -0.496 e. The summed E-state index contributed by atoms with van der Waals surface area (Å²) in [5, 5.41) is 9.70. The van der Waals surface area contributed by atoms with Crippen LogP contribution in [0.1, 0.15) is 31.2 Å². The molecule has 0 unspecified atom stereocenters. The molecule has 0 atom stereocenters. The highest BCUT2D eigenvalue weighted by Crippen LogP contribution is 2.53. The third kappa shape index (κ3) is 4.33. The Kier molecular flexibility index (Phi) is 6.01. The summed E-state index contributed by atoms with van der Waals surface area (Å²) in [6.07, 6.45) is -0.848. The van der Waals surface area contributed by atoms with Gasteiger partial charge in [-0.1, -0.05) is 6.07 Å². The van der Waals surface area contributed by atoms with E-state index < -0.39 is 30.6 Å². The summed E-state index contributed by atoms with van der Waals surface area (Å²) in [6.45, 7) is -1.95. The normalized spacial score (nSPS) is 21.6. The van der Waals surface area contributed by atoms with Gasteiger partial charge in [-0.15, -0.1) is 0 Å². The molecule has 1 aliphatic heterocycles. The fraction of sp³-hybridized carbons (Fsp3) is 0.400. The highest BCUT2D eigenvalue weighted by molar-refractivity contribution is 6.11. The quantitative estimate of drug-likeness (QED) is 0.534. The van der Waals surface area contributed by atoms with E-state index in [2.05, 4.69) is 10.2 Å². The van der Waals surface area contributed by atoms with Crippen molar-refractivity contribution in [1.82, 2.24) is 15.5 Å². The number of amides is 2. The first kappa shape index (κ1) is 24.0. The number of carbonyl (C=O) groups excluding carboxylic acids is 2. The first-order chi connectivity index (χ1) is 17.2. The molecule has 1 aliphatic carbocycles. The fourth-order valence-corrected chi connectivity index (χ4v) is 5.28. The van der Waals surface area contributed by atoms with Gasteiger partial charge in [-0.25, -0.2) is 0 Å². The van der Waals surface area contributed by atoms with E-state index in [-0.39, 0.29) is 12.0 Å². The van der Waals surface area contributed by atoms with Crippen molar-refractivity contribution in [2.45, 2.75) is 43.4 Å². The average Bonchev–Trinajstić information content (AvgIpc) is 3.41. The van der Waals surface area contributed by atoms with E-state index in [9.17, 15) is 22.8 Å².